The van der Waals surface area contributed by atoms with Crippen molar-refractivity contribution in [3.05, 3.63) is 71.8 Å². The number of hydrogen-bond acceptors (Lipinski definition) is 6. The summed E-state index contributed by atoms with van der Waals surface area (Å²) < 4.78 is 5.20. The Hall–Kier alpha value is -3.92. The highest BCUT2D eigenvalue weighted by Gasteiger charge is 2.51. The second kappa shape index (κ2) is 15.0. The van der Waals surface area contributed by atoms with Gasteiger partial charge in [0.25, 0.3) is 5.97 Å². The van der Waals surface area contributed by atoms with E-state index in [0.717, 1.165) is 38.5 Å². The van der Waals surface area contributed by atoms with Gasteiger partial charge in [-0.3, -0.25) is 14.4 Å². The molecule has 1 spiro atoms. The number of piperazine rings is 1. The molecule has 40 heavy (non-hydrogen) atoms. The van der Waals surface area contributed by atoms with Crippen molar-refractivity contribution < 1.29 is 29.0 Å². The minimum Gasteiger partial charge on any atom is -0.481 e. The summed E-state index contributed by atoms with van der Waals surface area (Å²) >= 11 is 0. The summed E-state index contributed by atoms with van der Waals surface area (Å²) in [6, 6.07) is 19.3. The van der Waals surface area contributed by atoms with Gasteiger partial charge in [0.15, 0.2) is 0 Å². The first-order valence-electron chi connectivity index (χ1n) is 13.7. The zero-order valence-corrected chi connectivity index (χ0v) is 23.3. The number of carbonyl (C=O) groups excluding carboxylic acids is 3. The Morgan fingerprint density at radius 1 is 1.02 bits per heavy atom. The molecule has 0 radical (unpaired) electrons. The summed E-state index contributed by atoms with van der Waals surface area (Å²) in [7, 11) is 1.76. The van der Waals surface area contributed by atoms with E-state index in [0.29, 0.717) is 32.2 Å². The van der Waals surface area contributed by atoms with Crippen LogP contribution in [0, 0.1) is 0 Å². The molecule has 2 aliphatic heterocycles. The molecule has 2 heterocycles. The third-order valence-electron chi connectivity index (χ3n) is 7.39. The van der Waals surface area contributed by atoms with Gasteiger partial charge in [-0.1, -0.05) is 60.7 Å². The minimum atomic E-state index is -0.833. The molecule has 4 rings (SSSR count). The van der Waals surface area contributed by atoms with Crippen molar-refractivity contribution in [1.29, 1.82) is 0 Å². The van der Waals surface area contributed by atoms with Gasteiger partial charge in [-0.05, 0) is 43.2 Å². The quantitative estimate of drug-likeness (QED) is 0.408. The van der Waals surface area contributed by atoms with Gasteiger partial charge in [0.1, 0.15) is 18.2 Å². The standard InChI is InChI=1S/C28H36N4O4.C2H4O2/c1-31-25(33)24(13-8-17-29-27(35)36-21-23-11-6-3-7-12-23)30-26(34)28(31)15-19-32(20-16-28)18-14-22-9-4-2-5-10-22;1-2(3)4/h2-7,9-12,24H,8,13-21H2,1H3,(H,29,35)(H,30,34);1H3,(H,3,4)/t24-;/m0./s1. The van der Waals surface area contributed by atoms with E-state index in [9.17, 15) is 14.4 Å². The second-order valence-electron chi connectivity index (χ2n) is 10.2. The lowest BCUT2D eigenvalue weighted by atomic mass is 9.82. The molecule has 0 unspecified atom stereocenters. The molecule has 2 aromatic rings. The first kappa shape index (κ1) is 30.6. The number of likely N-dealkylation sites (N-methyl/N-ethyl adjacent to an activating group) is 1. The van der Waals surface area contributed by atoms with Gasteiger partial charge in [0.2, 0.25) is 11.8 Å². The number of amides is 3. The minimum absolute atomic E-state index is 0.0565. The zero-order valence-electron chi connectivity index (χ0n) is 23.3. The summed E-state index contributed by atoms with van der Waals surface area (Å²) in [5.41, 5.74) is 1.46. The number of benzene rings is 2. The van der Waals surface area contributed by atoms with Gasteiger partial charge in [-0.15, -0.1) is 0 Å². The highest BCUT2D eigenvalue weighted by molar-refractivity contribution is 5.99. The van der Waals surface area contributed by atoms with Crippen LogP contribution in [0.2, 0.25) is 0 Å². The predicted molar refractivity (Wildman–Crippen MR) is 150 cm³/mol. The van der Waals surface area contributed by atoms with Crippen molar-refractivity contribution in [2.75, 3.05) is 33.2 Å². The number of carbonyl (C=O) groups is 4. The number of ether oxygens (including phenoxy) is 1. The number of hydrogen-bond donors (Lipinski definition) is 3. The molecule has 0 saturated carbocycles. The van der Waals surface area contributed by atoms with Gasteiger partial charge in [-0.25, -0.2) is 4.79 Å². The first-order valence-corrected chi connectivity index (χ1v) is 13.7. The summed E-state index contributed by atoms with van der Waals surface area (Å²) in [5, 5.41) is 13.1. The monoisotopic (exact) mass is 552 g/mol. The fourth-order valence-corrected chi connectivity index (χ4v) is 5.06. The summed E-state index contributed by atoms with van der Waals surface area (Å²) in [5.74, 6) is -0.952. The van der Waals surface area contributed by atoms with Crippen molar-refractivity contribution >= 4 is 23.9 Å². The van der Waals surface area contributed by atoms with Crippen molar-refractivity contribution in [3.8, 4) is 0 Å². The third-order valence-corrected chi connectivity index (χ3v) is 7.39. The van der Waals surface area contributed by atoms with Gasteiger partial charge in [-0.2, -0.15) is 0 Å². The average Bonchev–Trinajstić information content (AvgIpc) is 2.96. The molecule has 1 atom stereocenters. The molecule has 0 aromatic heterocycles. The molecule has 10 heteroatoms. The SMILES string of the molecule is CC(=O)O.CN1C(=O)[C@H](CCCNC(=O)OCc2ccccc2)NC(=O)C12CCN(CCc1ccccc1)CC2. The maximum Gasteiger partial charge on any atom is 0.407 e. The predicted octanol–water partition coefficient (Wildman–Crippen LogP) is 2.82. The maximum absolute atomic E-state index is 13.2. The molecule has 216 valence electrons. The van der Waals surface area contributed by atoms with E-state index in [1.807, 2.05) is 36.4 Å². The Morgan fingerprint density at radius 2 is 1.60 bits per heavy atom. The molecule has 10 nitrogen and oxygen atoms in total. The molecule has 0 bridgehead atoms. The Labute approximate surface area is 235 Å². The summed E-state index contributed by atoms with van der Waals surface area (Å²) in [6.45, 7) is 4.19. The number of piperidine rings is 1. The van der Waals surface area contributed by atoms with E-state index in [1.165, 1.54) is 5.56 Å². The van der Waals surface area contributed by atoms with Crippen LogP contribution in [0.25, 0.3) is 0 Å². The summed E-state index contributed by atoms with van der Waals surface area (Å²) in [6.07, 6.45) is 2.78. The van der Waals surface area contributed by atoms with Crippen LogP contribution in [-0.2, 0) is 32.1 Å². The van der Waals surface area contributed by atoms with Crippen molar-refractivity contribution in [3.63, 3.8) is 0 Å². The molecule has 3 N–H and O–H groups in total. The van der Waals surface area contributed by atoms with Crippen LogP contribution in [0.4, 0.5) is 4.79 Å². The number of alkyl carbamates (subject to hydrolysis) is 1. The smallest absolute Gasteiger partial charge is 0.407 e. The lowest BCUT2D eigenvalue weighted by Gasteiger charge is -2.50. The number of likely N-dealkylation sites (tertiary alicyclic amines) is 1. The Balaban J connectivity index is 0.00000103. The van der Waals surface area contributed by atoms with E-state index >= 15 is 0 Å². The number of nitrogens with zero attached hydrogens (tertiary/aromatic N) is 2. The van der Waals surface area contributed by atoms with Crippen LogP contribution >= 0.6 is 0 Å². The van der Waals surface area contributed by atoms with E-state index in [1.54, 1.807) is 11.9 Å². The van der Waals surface area contributed by atoms with Crippen LogP contribution < -0.4 is 10.6 Å². The highest BCUT2D eigenvalue weighted by atomic mass is 16.5. The van der Waals surface area contributed by atoms with Gasteiger partial charge < -0.3 is 30.3 Å². The summed E-state index contributed by atoms with van der Waals surface area (Å²) in [4.78, 5) is 51.2. The molecule has 3 amide bonds. The zero-order chi connectivity index (χ0) is 29.0. The molecule has 2 aliphatic rings. The Kier molecular flexibility index (Phi) is 11.5. The van der Waals surface area contributed by atoms with Crippen LogP contribution in [-0.4, -0.2) is 83.6 Å². The number of carboxylic acid groups (broad SMARTS) is 1. The molecular formula is C30H40N4O6. The van der Waals surface area contributed by atoms with E-state index in [2.05, 4.69) is 39.8 Å². The van der Waals surface area contributed by atoms with E-state index in [4.69, 9.17) is 14.6 Å². The number of carboxylic acids is 1. The molecular weight excluding hydrogens is 512 g/mol. The number of nitrogens with one attached hydrogen (secondary N) is 2. The van der Waals surface area contributed by atoms with Crippen LogP contribution in [0.3, 0.4) is 0 Å². The highest BCUT2D eigenvalue weighted by Crippen LogP contribution is 2.32. The molecule has 2 aromatic carbocycles. The second-order valence-corrected chi connectivity index (χ2v) is 10.2. The largest absolute Gasteiger partial charge is 0.481 e. The van der Waals surface area contributed by atoms with Crippen LogP contribution in [0.15, 0.2) is 60.7 Å². The average molecular weight is 553 g/mol. The lowest BCUT2D eigenvalue weighted by Crippen LogP contribution is -2.71. The first-order chi connectivity index (χ1) is 19.2. The van der Waals surface area contributed by atoms with Crippen molar-refractivity contribution in [2.45, 2.75) is 57.2 Å². The maximum atomic E-state index is 13.2. The Bertz CT molecular complexity index is 1120. The van der Waals surface area contributed by atoms with Crippen LogP contribution in [0.1, 0.15) is 43.7 Å². The molecule has 0 aliphatic carbocycles. The fraction of sp³-hybridized carbons (Fsp3) is 0.467. The molecule has 2 fully saturated rings. The normalized spacial score (nSPS) is 18.4. The number of rotatable bonds is 9. The third kappa shape index (κ3) is 8.81. The number of aliphatic carboxylic acids is 1. The fourth-order valence-electron chi connectivity index (χ4n) is 5.06. The van der Waals surface area contributed by atoms with E-state index < -0.39 is 23.6 Å². The van der Waals surface area contributed by atoms with Gasteiger partial charge in [0, 0.05) is 40.2 Å². The van der Waals surface area contributed by atoms with Crippen LogP contribution in [0.5, 0.6) is 0 Å². The van der Waals surface area contributed by atoms with Gasteiger partial charge in [0.05, 0.1) is 0 Å². The lowest BCUT2D eigenvalue weighted by molar-refractivity contribution is -0.159. The van der Waals surface area contributed by atoms with E-state index in [-0.39, 0.29) is 18.4 Å². The van der Waals surface area contributed by atoms with Gasteiger partial charge >= 0.3 is 6.09 Å². The molecule has 2 saturated heterocycles. The van der Waals surface area contributed by atoms with Crippen molar-refractivity contribution in [1.82, 2.24) is 20.4 Å². The Morgan fingerprint density at radius 3 is 2.20 bits per heavy atom. The van der Waals surface area contributed by atoms with Crippen molar-refractivity contribution in [2.24, 2.45) is 0 Å². The topological polar surface area (TPSA) is 128 Å².